The number of hydrogen-bond acceptors (Lipinski definition) is 1. The van der Waals surface area contributed by atoms with Crippen LogP contribution < -0.4 is 5.73 Å². The molecule has 1 unspecified atom stereocenters. The van der Waals surface area contributed by atoms with E-state index in [0.717, 1.165) is 0 Å². The minimum atomic E-state index is 0.0844. The van der Waals surface area contributed by atoms with E-state index in [1.54, 1.807) is 0 Å². The highest BCUT2D eigenvalue weighted by Crippen LogP contribution is 2.31. The lowest BCUT2D eigenvalue weighted by atomic mass is 9.84. The van der Waals surface area contributed by atoms with E-state index in [1.807, 2.05) is 0 Å². The van der Waals surface area contributed by atoms with Gasteiger partial charge in [-0.05, 0) is 30.9 Å². The van der Waals surface area contributed by atoms with Gasteiger partial charge in [0.15, 0.2) is 0 Å². The molecule has 1 aromatic rings. The van der Waals surface area contributed by atoms with Gasteiger partial charge in [-0.25, -0.2) is 0 Å². The summed E-state index contributed by atoms with van der Waals surface area (Å²) in [4.78, 5) is 3.33. The molecule has 0 aliphatic heterocycles. The molecule has 0 spiro atoms. The van der Waals surface area contributed by atoms with Crippen LogP contribution in [0.3, 0.4) is 0 Å². The minimum Gasteiger partial charge on any atom is -0.361 e. The van der Waals surface area contributed by atoms with Crippen molar-refractivity contribution in [2.45, 2.75) is 40.7 Å². The van der Waals surface area contributed by atoms with Crippen molar-refractivity contribution in [2.24, 2.45) is 11.1 Å². The van der Waals surface area contributed by atoms with E-state index in [-0.39, 0.29) is 11.5 Å². The van der Waals surface area contributed by atoms with Gasteiger partial charge < -0.3 is 10.7 Å². The first-order valence-electron chi connectivity index (χ1n) is 4.74. The second-order valence-corrected chi connectivity index (χ2v) is 4.89. The fourth-order valence-corrected chi connectivity index (χ4v) is 1.51. The van der Waals surface area contributed by atoms with E-state index in [1.165, 1.54) is 17.0 Å². The molecule has 2 nitrogen and oxygen atoms in total. The maximum Gasteiger partial charge on any atom is 0.0499 e. The zero-order chi connectivity index (χ0) is 10.2. The highest BCUT2D eigenvalue weighted by molar-refractivity contribution is 5.27. The Hall–Kier alpha value is -0.760. The van der Waals surface area contributed by atoms with E-state index < -0.39 is 0 Å². The van der Waals surface area contributed by atoms with Gasteiger partial charge in [0.05, 0.1) is 0 Å². The Bertz CT molecular complexity index is 292. The highest BCUT2D eigenvalue weighted by atomic mass is 14.8. The standard InChI is InChI=1S/C11H20N2/c1-7-6-8(2)13-9(7)10(12)11(3,4)5/h6,10,13H,12H2,1-5H3. The molecule has 1 aromatic heterocycles. The second kappa shape index (κ2) is 3.18. The van der Waals surface area contributed by atoms with Crippen LogP contribution in [0.1, 0.15) is 43.8 Å². The SMILES string of the molecule is Cc1cc(C)c(C(N)C(C)(C)C)[nH]1. The molecule has 2 heteroatoms. The molecular formula is C11H20N2. The van der Waals surface area contributed by atoms with Crippen LogP contribution >= 0.6 is 0 Å². The van der Waals surface area contributed by atoms with E-state index in [9.17, 15) is 0 Å². The van der Waals surface area contributed by atoms with Crippen molar-refractivity contribution in [3.63, 3.8) is 0 Å². The maximum atomic E-state index is 6.15. The molecule has 1 atom stereocenters. The van der Waals surface area contributed by atoms with Crippen molar-refractivity contribution in [1.82, 2.24) is 4.98 Å². The predicted octanol–water partition coefficient (Wildman–Crippen LogP) is 2.68. The van der Waals surface area contributed by atoms with Gasteiger partial charge in [0, 0.05) is 17.4 Å². The van der Waals surface area contributed by atoms with Crippen LogP contribution in [0.4, 0.5) is 0 Å². The Morgan fingerprint density at radius 1 is 1.31 bits per heavy atom. The Morgan fingerprint density at radius 3 is 2.15 bits per heavy atom. The van der Waals surface area contributed by atoms with Gasteiger partial charge in [-0.15, -0.1) is 0 Å². The third kappa shape index (κ3) is 2.13. The molecule has 0 amide bonds. The first-order chi connectivity index (χ1) is 5.82. The summed E-state index contributed by atoms with van der Waals surface area (Å²) in [6.07, 6.45) is 0. The van der Waals surface area contributed by atoms with Gasteiger partial charge in [-0.2, -0.15) is 0 Å². The number of H-pyrrole nitrogens is 1. The Balaban J connectivity index is 3.01. The average Bonchev–Trinajstić information content (AvgIpc) is 2.26. The molecular weight excluding hydrogens is 160 g/mol. The van der Waals surface area contributed by atoms with Crippen LogP contribution in [0.15, 0.2) is 6.07 Å². The molecule has 3 N–H and O–H groups in total. The monoisotopic (exact) mass is 180 g/mol. The summed E-state index contributed by atoms with van der Waals surface area (Å²) < 4.78 is 0. The molecule has 0 aliphatic carbocycles. The summed E-state index contributed by atoms with van der Waals surface area (Å²) in [7, 11) is 0. The second-order valence-electron chi connectivity index (χ2n) is 4.89. The lowest BCUT2D eigenvalue weighted by Gasteiger charge is -2.26. The van der Waals surface area contributed by atoms with E-state index in [0.29, 0.717) is 0 Å². The van der Waals surface area contributed by atoms with Gasteiger partial charge in [0.2, 0.25) is 0 Å². The number of nitrogens with two attached hydrogens (primary N) is 1. The van der Waals surface area contributed by atoms with E-state index in [4.69, 9.17) is 5.73 Å². The number of hydrogen-bond donors (Lipinski definition) is 2. The van der Waals surface area contributed by atoms with Crippen LogP contribution in [-0.2, 0) is 0 Å². The van der Waals surface area contributed by atoms with Gasteiger partial charge in [0.1, 0.15) is 0 Å². The van der Waals surface area contributed by atoms with Crippen LogP contribution in [0.5, 0.6) is 0 Å². The summed E-state index contributed by atoms with van der Waals surface area (Å²) in [5.41, 5.74) is 9.89. The fourth-order valence-electron chi connectivity index (χ4n) is 1.51. The number of nitrogens with one attached hydrogen (secondary N) is 1. The van der Waals surface area contributed by atoms with E-state index >= 15 is 0 Å². The van der Waals surface area contributed by atoms with Crippen LogP contribution in [0.25, 0.3) is 0 Å². The van der Waals surface area contributed by atoms with Crippen LogP contribution in [0.2, 0.25) is 0 Å². The molecule has 0 fully saturated rings. The van der Waals surface area contributed by atoms with Gasteiger partial charge in [-0.1, -0.05) is 20.8 Å². The van der Waals surface area contributed by atoms with Crippen LogP contribution in [0, 0.1) is 19.3 Å². The third-order valence-corrected chi connectivity index (χ3v) is 2.43. The van der Waals surface area contributed by atoms with Crippen molar-refractivity contribution >= 4 is 0 Å². The van der Waals surface area contributed by atoms with Crippen molar-refractivity contribution < 1.29 is 0 Å². The van der Waals surface area contributed by atoms with Crippen LogP contribution in [-0.4, -0.2) is 4.98 Å². The smallest absolute Gasteiger partial charge is 0.0499 e. The van der Waals surface area contributed by atoms with Gasteiger partial charge >= 0.3 is 0 Å². The molecule has 0 aliphatic rings. The molecule has 74 valence electrons. The number of aromatic nitrogens is 1. The molecule has 0 saturated heterocycles. The average molecular weight is 180 g/mol. The Labute approximate surface area is 80.5 Å². The van der Waals surface area contributed by atoms with Crippen molar-refractivity contribution in [1.29, 1.82) is 0 Å². The number of aromatic amines is 1. The molecule has 0 aromatic carbocycles. The summed E-state index contributed by atoms with van der Waals surface area (Å²) in [5, 5.41) is 0. The minimum absolute atomic E-state index is 0.0844. The maximum absolute atomic E-state index is 6.15. The highest BCUT2D eigenvalue weighted by Gasteiger charge is 2.24. The van der Waals surface area contributed by atoms with Gasteiger partial charge in [-0.3, -0.25) is 0 Å². The van der Waals surface area contributed by atoms with E-state index in [2.05, 4.69) is 45.7 Å². The Morgan fingerprint density at radius 2 is 1.85 bits per heavy atom. The summed E-state index contributed by atoms with van der Waals surface area (Å²) in [6.45, 7) is 10.6. The predicted molar refractivity (Wildman–Crippen MR) is 56.7 cm³/mol. The summed E-state index contributed by atoms with van der Waals surface area (Å²) in [5.74, 6) is 0. The quantitative estimate of drug-likeness (QED) is 0.685. The largest absolute Gasteiger partial charge is 0.361 e. The number of rotatable bonds is 1. The molecule has 0 radical (unpaired) electrons. The van der Waals surface area contributed by atoms with Crippen molar-refractivity contribution in [3.05, 3.63) is 23.0 Å². The molecule has 1 rings (SSSR count). The first-order valence-corrected chi connectivity index (χ1v) is 4.74. The molecule has 0 bridgehead atoms. The first kappa shape index (κ1) is 10.3. The number of aryl methyl sites for hydroxylation is 2. The molecule has 13 heavy (non-hydrogen) atoms. The van der Waals surface area contributed by atoms with Gasteiger partial charge in [0.25, 0.3) is 0 Å². The normalized spacial score (nSPS) is 14.6. The lowest BCUT2D eigenvalue weighted by Crippen LogP contribution is -2.27. The summed E-state index contributed by atoms with van der Waals surface area (Å²) in [6, 6.07) is 2.22. The zero-order valence-corrected chi connectivity index (χ0v) is 9.23. The molecule has 1 heterocycles. The third-order valence-electron chi connectivity index (χ3n) is 2.43. The Kier molecular flexibility index (Phi) is 2.53. The molecule has 0 saturated carbocycles. The summed E-state index contributed by atoms with van der Waals surface area (Å²) >= 11 is 0. The van der Waals surface area contributed by atoms with Crippen molar-refractivity contribution in [2.75, 3.05) is 0 Å². The topological polar surface area (TPSA) is 41.8 Å². The lowest BCUT2D eigenvalue weighted by molar-refractivity contribution is 0.321. The zero-order valence-electron chi connectivity index (χ0n) is 9.23. The van der Waals surface area contributed by atoms with Crippen molar-refractivity contribution in [3.8, 4) is 0 Å². The fraction of sp³-hybridized carbons (Fsp3) is 0.636.